The van der Waals surface area contributed by atoms with Crippen molar-refractivity contribution < 1.29 is 10.2 Å². The second-order valence-electron chi connectivity index (χ2n) is 2.59. The van der Waals surface area contributed by atoms with Crippen LogP contribution in [0.2, 0.25) is 0 Å². The van der Waals surface area contributed by atoms with Gasteiger partial charge in [-0.2, -0.15) is 0 Å². The molecule has 0 rings (SSSR count). The number of rotatable bonds is 5. The lowest BCUT2D eigenvalue weighted by Crippen LogP contribution is -2.12. The quantitative estimate of drug-likeness (QED) is 0.615. The predicted molar refractivity (Wildman–Crippen MR) is 49.8 cm³/mol. The molecule has 0 spiro atoms. The summed E-state index contributed by atoms with van der Waals surface area (Å²) in [6.07, 6.45) is 0. The minimum atomic E-state index is 0.0340. The maximum Gasteiger partial charge on any atom is 0.0649 e. The SMILES string of the molecule is C=C(CO)[C@H](C)S[C@@H](C)CO. The third-order valence-electron chi connectivity index (χ3n) is 1.47. The molecule has 0 aromatic rings. The molecule has 0 heterocycles. The molecule has 66 valence electrons. The average molecular weight is 176 g/mol. The molecule has 3 heteroatoms. The van der Waals surface area contributed by atoms with Crippen LogP contribution in [0.4, 0.5) is 0 Å². The Labute approximate surface area is 72.3 Å². The zero-order valence-corrected chi connectivity index (χ0v) is 7.90. The van der Waals surface area contributed by atoms with Gasteiger partial charge in [-0.3, -0.25) is 0 Å². The van der Waals surface area contributed by atoms with Crippen molar-refractivity contribution >= 4 is 11.8 Å². The highest BCUT2D eigenvalue weighted by Crippen LogP contribution is 2.21. The van der Waals surface area contributed by atoms with Crippen molar-refractivity contribution in [2.45, 2.75) is 24.3 Å². The van der Waals surface area contributed by atoms with Gasteiger partial charge in [0.05, 0.1) is 13.2 Å². The van der Waals surface area contributed by atoms with Crippen molar-refractivity contribution in [1.82, 2.24) is 0 Å². The van der Waals surface area contributed by atoms with E-state index in [2.05, 4.69) is 6.58 Å². The molecule has 0 aromatic carbocycles. The van der Waals surface area contributed by atoms with E-state index in [-0.39, 0.29) is 23.7 Å². The van der Waals surface area contributed by atoms with E-state index in [0.717, 1.165) is 5.57 Å². The molecule has 0 radical (unpaired) electrons. The minimum Gasteiger partial charge on any atom is -0.395 e. The summed E-state index contributed by atoms with van der Waals surface area (Å²) in [6.45, 7) is 7.85. The first-order valence-corrected chi connectivity index (χ1v) is 4.61. The average Bonchev–Trinajstić information content (AvgIpc) is 2.02. The number of aliphatic hydroxyl groups is 2. The summed E-state index contributed by atoms with van der Waals surface area (Å²) in [6, 6.07) is 0. The first-order valence-electron chi connectivity index (χ1n) is 3.66. The molecule has 0 bridgehead atoms. The molecule has 2 N–H and O–H groups in total. The Kier molecular flexibility index (Phi) is 5.64. The van der Waals surface area contributed by atoms with E-state index < -0.39 is 0 Å². The molecule has 2 atom stereocenters. The molecular formula is C8H16O2S. The Morgan fingerprint density at radius 1 is 1.45 bits per heavy atom. The fourth-order valence-corrected chi connectivity index (χ4v) is 1.67. The molecule has 2 nitrogen and oxygen atoms in total. The van der Waals surface area contributed by atoms with Crippen LogP contribution < -0.4 is 0 Å². The van der Waals surface area contributed by atoms with Gasteiger partial charge in [0.1, 0.15) is 0 Å². The Balaban J connectivity index is 3.67. The highest BCUT2D eigenvalue weighted by molar-refractivity contribution is 8.00. The Morgan fingerprint density at radius 3 is 2.36 bits per heavy atom. The van der Waals surface area contributed by atoms with E-state index in [1.54, 1.807) is 11.8 Å². The van der Waals surface area contributed by atoms with Gasteiger partial charge in [-0.25, -0.2) is 0 Å². The third-order valence-corrected chi connectivity index (χ3v) is 2.83. The molecule has 0 aliphatic carbocycles. The van der Waals surface area contributed by atoms with Gasteiger partial charge in [-0.05, 0) is 12.5 Å². The number of hydrogen-bond donors (Lipinski definition) is 2. The monoisotopic (exact) mass is 176 g/mol. The van der Waals surface area contributed by atoms with Gasteiger partial charge < -0.3 is 10.2 Å². The van der Waals surface area contributed by atoms with Gasteiger partial charge in [0, 0.05) is 10.5 Å². The Morgan fingerprint density at radius 2 is 2.00 bits per heavy atom. The molecule has 0 fully saturated rings. The summed E-state index contributed by atoms with van der Waals surface area (Å²) in [5.41, 5.74) is 0.815. The van der Waals surface area contributed by atoms with Crippen LogP contribution >= 0.6 is 11.8 Å². The van der Waals surface area contributed by atoms with Crippen LogP contribution in [0.1, 0.15) is 13.8 Å². The Hall–Kier alpha value is 0.01000. The summed E-state index contributed by atoms with van der Waals surface area (Å²) in [5, 5.41) is 17.9. The highest BCUT2D eigenvalue weighted by Gasteiger charge is 2.10. The van der Waals surface area contributed by atoms with Gasteiger partial charge in [-0.1, -0.05) is 13.5 Å². The molecule has 0 aliphatic rings. The van der Waals surface area contributed by atoms with E-state index >= 15 is 0 Å². The molecule has 0 saturated carbocycles. The van der Waals surface area contributed by atoms with Crippen LogP contribution in [0, 0.1) is 0 Å². The van der Waals surface area contributed by atoms with Crippen molar-refractivity contribution in [2.75, 3.05) is 13.2 Å². The lowest BCUT2D eigenvalue weighted by Gasteiger charge is -2.15. The van der Waals surface area contributed by atoms with Crippen molar-refractivity contribution in [2.24, 2.45) is 0 Å². The summed E-state index contributed by atoms with van der Waals surface area (Å²) >= 11 is 1.62. The lowest BCUT2D eigenvalue weighted by molar-refractivity contribution is 0.299. The van der Waals surface area contributed by atoms with E-state index in [4.69, 9.17) is 10.2 Å². The second kappa shape index (κ2) is 5.63. The largest absolute Gasteiger partial charge is 0.395 e. The van der Waals surface area contributed by atoms with Crippen molar-refractivity contribution in [3.05, 3.63) is 12.2 Å². The normalized spacial score (nSPS) is 16.0. The van der Waals surface area contributed by atoms with Crippen LogP contribution in [0.3, 0.4) is 0 Å². The molecule has 0 aromatic heterocycles. The zero-order chi connectivity index (χ0) is 8.85. The topological polar surface area (TPSA) is 40.5 Å². The van der Waals surface area contributed by atoms with E-state index in [9.17, 15) is 0 Å². The summed E-state index contributed by atoms with van der Waals surface area (Å²) < 4.78 is 0. The molecule has 0 unspecified atom stereocenters. The number of thioether (sulfide) groups is 1. The van der Waals surface area contributed by atoms with Crippen molar-refractivity contribution in [3.8, 4) is 0 Å². The number of hydrogen-bond acceptors (Lipinski definition) is 3. The van der Waals surface area contributed by atoms with E-state index in [0.29, 0.717) is 0 Å². The summed E-state index contributed by atoms with van der Waals surface area (Å²) in [5.74, 6) is 0. The van der Waals surface area contributed by atoms with Crippen LogP contribution in [0.25, 0.3) is 0 Å². The van der Waals surface area contributed by atoms with Crippen molar-refractivity contribution in [1.29, 1.82) is 0 Å². The molecule has 0 aliphatic heterocycles. The summed E-state index contributed by atoms with van der Waals surface area (Å²) in [4.78, 5) is 0. The smallest absolute Gasteiger partial charge is 0.0649 e. The van der Waals surface area contributed by atoms with Gasteiger partial charge in [0.15, 0.2) is 0 Å². The van der Waals surface area contributed by atoms with Crippen molar-refractivity contribution in [3.63, 3.8) is 0 Å². The van der Waals surface area contributed by atoms with Crippen LogP contribution in [0.15, 0.2) is 12.2 Å². The Bertz CT molecular complexity index is 125. The molecule has 0 saturated heterocycles. The van der Waals surface area contributed by atoms with E-state index in [1.807, 2.05) is 13.8 Å². The first kappa shape index (κ1) is 11.0. The van der Waals surface area contributed by atoms with E-state index in [1.165, 1.54) is 0 Å². The van der Waals surface area contributed by atoms with Gasteiger partial charge >= 0.3 is 0 Å². The van der Waals surface area contributed by atoms with Gasteiger partial charge in [0.25, 0.3) is 0 Å². The second-order valence-corrected chi connectivity index (χ2v) is 4.37. The molecule has 0 amide bonds. The van der Waals surface area contributed by atoms with Crippen LogP contribution in [-0.2, 0) is 0 Å². The minimum absolute atomic E-state index is 0.0340. The highest BCUT2D eigenvalue weighted by atomic mass is 32.2. The maximum absolute atomic E-state index is 8.73. The van der Waals surface area contributed by atoms with Crippen LogP contribution in [-0.4, -0.2) is 33.9 Å². The fraction of sp³-hybridized carbons (Fsp3) is 0.750. The lowest BCUT2D eigenvalue weighted by atomic mass is 10.2. The fourth-order valence-electron chi connectivity index (χ4n) is 0.616. The first-order chi connectivity index (χ1) is 5.11. The molecular weight excluding hydrogens is 160 g/mol. The summed E-state index contributed by atoms with van der Waals surface area (Å²) in [7, 11) is 0. The van der Waals surface area contributed by atoms with Gasteiger partial charge in [0.2, 0.25) is 0 Å². The number of aliphatic hydroxyl groups excluding tert-OH is 2. The molecule has 11 heavy (non-hydrogen) atoms. The standard InChI is InChI=1S/C8H16O2S/c1-6(4-9)8(3)11-7(2)5-10/h7-10H,1,4-5H2,2-3H3/t7-,8-/m0/s1. The zero-order valence-electron chi connectivity index (χ0n) is 7.08. The van der Waals surface area contributed by atoms with Gasteiger partial charge in [-0.15, -0.1) is 11.8 Å². The maximum atomic E-state index is 8.73. The van der Waals surface area contributed by atoms with Crippen LogP contribution in [0.5, 0.6) is 0 Å². The third kappa shape index (κ3) is 4.45. The predicted octanol–water partition coefficient (Wildman–Crippen LogP) is 1.04.